The minimum absolute atomic E-state index is 0.126. The Balaban J connectivity index is 1.72. The number of aromatic carboxylic acids is 1. The van der Waals surface area contributed by atoms with Gasteiger partial charge in [0.15, 0.2) is 0 Å². The van der Waals surface area contributed by atoms with Crippen LogP contribution in [0, 0.1) is 0 Å². The number of halogens is 3. The Bertz CT molecular complexity index is 882. The molecule has 24 heavy (non-hydrogen) atoms. The predicted octanol–water partition coefficient (Wildman–Crippen LogP) is 5.20. The largest absolute Gasteiger partial charge is 0.489 e. The highest BCUT2D eigenvalue weighted by Gasteiger charge is 2.29. The molecule has 0 radical (unpaired) electrons. The van der Waals surface area contributed by atoms with E-state index in [1.54, 1.807) is 24.3 Å². The molecular weight excluding hydrogens is 341 g/mol. The molecule has 0 fully saturated rings. The first-order valence-corrected chi connectivity index (χ1v) is 7.70. The molecule has 0 saturated carbocycles. The molecule has 0 aliphatic heterocycles. The van der Waals surface area contributed by atoms with Gasteiger partial charge in [-0.25, -0.2) is 4.79 Å². The minimum Gasteiger partial charge on any atom is -0.489 e. The molecule has 1 aromatic heterocycles. The van der Waals surface area contributed by atoms with E-state index in [-0.39, 0.29) is 11.5 Å². The Morgan fingerprint density at radius 3 is 2.42 bits per heavy atom. The summed E-state index contributed by atoms with van der Waals surface area (Å²) in [6.45, 7) is 0.126. The fourth-order valence-corrected chi connectivity index (χ4v) is 3.09. The molecule has 0 atom stereocenters. The van der Waals surface area contributed by atoms with Crippen molar-refractivity contribution in [2.75, 3.05) is 0 Å². The lowest BCUT2D eigenvalue weighted by Crippen LogP contribution is -2.05. The predicted molar refractivity (Wildman–Crippen MR) is 84.6 cm³/mol. The quantitative estimate of drug-likeness (QED) is 0.702. The van der Waals surface area contributed by atoms with E-state index in [4.69, 9.17) is 9.84 Å². The number of alkyl halides is 3. The second kappa shape index (κ2) is 6.16. The summed E-state index contributed by atoms with van der Waals surface area (Å²) in [7, 11) is 0. The fraction of sp³-hybridized carbons (Fsp3) is 0.118. The number of fused-ring (bicyclic) bond motifs is 1. The summed E-state index contributed by atoms with van der Waals surface area (Å²) >= 11 is 1.14. The zero-order chi connectivity index (χ0) is 17.3. The van der Waals surface area contributed by atoms with Crippen LogP contribution in [-0.4, -0.2) is 11.1 Å². The highest BCUT2D eigenvalue weighted by atomic mass is 32.1. The van der Waals surface area contributed by atoms with E-state index >= 15 is 0 Å². The average Bonchev–Trinajstić information content (AvgIpc) is 2.96. The lowest BCUT2D eigenvalue weighted by Gasteiger charge is -2.09. The summed E-state index contributed by atoms with van der Waals surface area (Å²) in [6.07, 6.45) is -4.36. The van der Waals surface area contributed by atoms with Crippen LogP contribution in [-0.2, 0) is 12.8 Å². The van der Waals surface area contributed by atoms with Gasteiger partial charge in [-0.1, -0.05) is 12.1 Å². The third-order valence-corrected chi connectivity index (χ3v) is 4.47. The third-order valence-electron chi connectivity index (χ3n) is 3.39. The van der Waals surface area contributed by atoms with Crippen molar-refractivity contribution in [3.05, 3.63) is 64.5 Å². The van der Waals surface area contributed by atoms with Crippen molar-refractivity contribution in [1.29, 1.82) is 0 Å². The van der Waals surface area contributed by atoms with Gasteiger partial charge in [-0.3, -0.25) is 0 Å². The Labute approximate surface area is 138 Å². The van der Waals surface area contributed by atoms with Crippen LogP contribution in [0.4, 0.5) is 13.2 Å². The first-order chi connectivity index (χ1) is 11.3. The van der Waals surface area contributed by atoms with Crippen LogP contribution in [0.1, 0.15) is 20.8 Å². The first-order valence-electron chi connectivity index (χ1n) is 6.89. The number of thiophene rings is 1. The minimum atomic E-state index is -4.36. The maximum Gasteiger partial charge on any atom is 0.416 e. The van der Waals surface area contributed by atoms with Crippen LogP contribution in [0.25, 0.3) is 10.1 Å². The van der Waals surface area contributed by atoms with Crippen molar-refractivity contribution in [2.24, 2.45) is 0 Å². The second-order valence-corrected chi connectivity index (χ2v) is 6.18. The Morgan fingerprint density at radius 1 is 1.08 bits per heavy atom. The van der Waals surface area contributed by atoms with Gasteiger partial charge in [-0.2, -0.15) is 13.2 Å². The highest BCUT2D eigenvalue weighted by molar-refractivity contribution is 7.20. The Kier molecular flexibility index (Phi) is 4.19. The first kappa shape index (κ1) is 16.3. The standard InChI is InChI=1S/C17H11F3O3S/c18-17(19,20)12-4-1-10(2-5-12)9-23-13-6-3-11-7-15(16(21)22)24-14(11)8-13/h1-8H,9H2,(H,21,22). The average molecular weight is 352 g/mol. The number of carbonyl (C=O) groups is 1. The third kappa shape index (κ3) is 3.51. The molecule has 0 unspecified atom stereocenters. The molecule has 0 amide bonds. The second-order valence-electron chi connectivity index (χ2n) is 5.10. The van der Waals surface area contributed by atoms with Gasteiger partial charge in [-0.15, -0.1) is 11.3 Å². The van der Waals surface area contributed by atoms with Crippen LogP contribution in [0.15, 0.2) is 48.5 Å². The number of carboxylic acid groups (broad SMARTS) is 1. The zero-order valence-electron chi connectivity index (χ0n) is 12.1. The number of carboxylic acids is 1. The van der Waals surface area contributed by atoms with Crippen molar-refractivity contribution < 1.29 is 27.8 Å². The molecule has 0 aliphatic carbocycles. The molecular formula is C17H11F3O3S. The van der Waals surface area contributed by atoms with E-state index in [0.29, 0.717) is 11.3 Å². The summed E-state index contributed by atoms with van der Waals surface area (Å²) in [5, 5.41) is 9.79. The van der Waals surface area contributed by atoms with Gasteiger partial charge in [0.1, 0.15) is 17.2 Å². The maximum atomic E-state index is 12.5. The summed E-state index contributed by atoms with van der Waals surface area (Å²) in [4.78, 5) is 11.2. The van der Waals surface area contributed by atoms with E-state index in [2.05, 4.69) is 0 Å². The van der Waals surface area contributed by atoms with Crippen molar-refractivity contribution in [3.63, 3.8) is 0 Å². The van der Waals surface area contributed by atoms with Crippen molar-refractivity contribution in [1.82, 2.24) is 0 Å². The molecule has 1 heterocycles. The monoisotopic (exact) mass is 352 g/mol. The number of rotatable bonds is 4. The number of benzene rings is 2. The summed E-state index contributed by atoms with van der Waals surface area (Å²) in [5.74, 6) is -0.454. The summed E-state index contributed by atoms with van der Waals surface area (Å²) in [5.41, 5.74) is -0.0899. The van der Waals surface area contributed by atoms with Gasteiger partial charge in [0, 0.05) is 4.70 Å². The van der Waals surface area contributed by atoms with Gasteiger partial charge >= 0.3 is 12.1 Å². The zero-order valence-corrected chi connectivity index (χ0v) is 12.9. The van der Waals surface area contributed by atoms with Crippen molar-refractivity contribution >= 4 is 27.4 Å². The topological polar surface area (TPSA) is 46.5 Å². The Morgan fingerprint density at radius 2 is 1.79 bits per heavy atom. The SMILES string of the molecule is O=C(O)c1cc2ccc(OCc3ccc(C(F)(F)F)cc3)cc2s1. The fourth-order valence-electron chi connectivity index (χ4n) is 2.16. The van der Waals surface area contributed by atoms with E-state index in [9.17, 15) is 18.0 Å². The highest BCUT2D eigenvalue weighted by Crippen LogP contribution is 2.31. The van der Waals surface area contributed by atoms with Gasteiger partial charge in [0.25, 0.3) is 0 Å². The molecule has 7 heteroatoms. The smallest absolute Gasteiger partial charge is 0.416 e. The molecule has 3 rings (SSSR count). The van der Waals surface area contributed by atoms with Crippen LogP contribution < -0.4 is 4.74 Å². The molecule has 0 spiro atoms. The van der Waals surface area contributed by atoms with Crippen molar-refractivity contribution in [2.45, 2.75) is 12.8 Å². The Hall–Kier alpha value is -2.54. The summed E-state index contributed by atoms with van der Waals surface area (Å²) in [6, 6.07) is 11.5. The van der Waals surface area contributed by atoms with Crippen LogP contribution in [0.3, 0.4) is 0 Å². The lowest BCUT2D eigenvalue weighted by molar-refractivity contribution is -0.137. The number of hydrogen-bond donors (Lipinski definition) is 1. The molecule has 0 bridgehead atoms. The maximum absolute atomic E-state index is 12.5. The van der Waals surface area contributed by atoms with Crippen LogP contribution >= 0.6 is 11.3 Å². The normalized spacial score (nSPS) is 11.6. The van der Waals surface area contributed by atoms with Crippen LogP contribution in [0.2, 0.25) is 0 Å². The molecule has 2 aromatic carbocycles. The molecule has 0 saturated heterocycles. The van der Waals surface area contributed by atoms with Gasteiger partial charge < -0.3 is 9.84 Å². The number of hydrogen-bond acceptors (Lipinski definition) is 3. The lowest BCUT2D eigenvalue weighted by atomic mass is 10.1. The molecule has 3 aromatic rings. The van der Waals surface area contributed by atoms with Gasteiger partial charge in [0.2, 0.25) is 0 Å². The molecule has 0 aliphatic rings. The van der Waals surface area contributed by atoms with Gasteiger partial charge in [0.05, 0.1) is 5.56 Å². The van der Waals surface area contributed by atoms with E-state index in [1.807, 2.05) is 0 Å². The van der Waals surface area contributed by atoms with E-state index in [0.717, 1.165) is 33.6 Å². The van der Waals surface area contributed by atoms with E-state index in [1.165, 1.54) is 12.1 Å². The van der Waals surface area contributed by atoms with E-state index < -0.39 is 17.7 Å². The number of ether oxygens (including phenoxy) is 1. The molecule has 3 nitrogen and oxygen atoms in total. The van der Waals surface area contributed by atoms with Gasteiger partial charge in [-0.05, 0) is 47.3 Å². The van der Waals surface area contributed by atoms with Crippen molar-refractivity contribution in [3.8, 4) is 5.75 Å². The molecule has 1 N–H and O–H groups in total. The van der Waals surface area contributed by atoms with Crippen LogP contribution in [0.5, 0.6) is 5.75 Å². The summed E-state index contributed by atoms with van der Waals surface area (Å²) < 4.78 is 43.9. The molecule has 124 valence electrons.